The Bertz CT molecular complexity index is 486. The van der Waals surface area contributed by atoms with Gasteiger partial charge >= 0.3 is 0 Å². The van der Waals surface area contributed by atoms with Crippen molar-refractivity contribution >= 4 is 5.91 Å². The normalized spacial score (nSPS) is 14.4. The Morgan fingerprint density at radius 3 is 2.62 bits per heavy atom. The summed E-state index contributed by atoms with van der Waals surface area (Å²) in [6, 6.07) is 5.65. The highest BCUT2D eigenvalue weighted by Gasteiger charge is 2.30. The molecule has 1 aromatic rings. The average Bonchev–Trinajstić information content (AvgIpc) is 2.48. The van der Waals surface area contributed by atoms with E-state index >= 15 is 0 Å². The molecular formula is C16H24N2O3. The summed E-state index contributed by atoms with van der Waals surface area (Å²) in [5.41, 5.74) is 6.15. The Kier molecular flexibility index (Phi) is 5.44. The smallest absolute Gasteiger partial charge is 0.258 e. The molecule has 116 valence electrons. The van der Waals surface area contributed by atoms with Gasteiger partial charge in [-0.05, 0) is 50.4 Å². The third kappa shape index (κ3) is 3.47. The minimum Gasteiger partial charge on any atom is -0.497 e. The minimum absolute atomic E-state index is 0.00361. The molecule has 1 amide bonds. The number of carbonyl (C=O) groups is 1. The van der Waals surface area contributed by atoms with Gasteiger partial charge in [0.15, 0.2) is 0 Å². The largest absolute Gasteiger partial charge is 0.497 e. The summed E-state index contributed by atoms with van der Waals surface area (Å²) in [6.45, 7) is 1.28. The molecule has 0 atom stereocenters. The fourth-order valence-electron chi connectivity index (χ4n) is 2.55. The van der Waals surface area contributed by atoms with E-state index in [0.29, 0.717) is 36.2 Å². The Hall–Kier alpha value is -1.75. The van der Waals surface area contributed by atoms with Gasteiger partial charge in [-0.2, -0.15) is 0 Å². The lowest BCUT2D eigenvalue weighted by Gasteiger charge is -2.38. The van der Waals surface area contributed by atoms with Gasteiger partial charge in [-0.1, -0.05) is 0 Å². The number of methoxy groups -OCH3 is 2. The molecule has 1 saturated carbocycles. The van der Waals surface area contributed by atoms with Crippen molar-refractivity contribution in [2.45, 2.75) is 31.7 Å². The van der Waals surface area contributed by atoms with Crippen LogP contribution in [-0.4, -0.2) is 44.2 Å². The van der Waals surface area contributed by atoms with Crippen LogP contribution in [0.1, 0.15) is 36.0 Å². The van der Waals surface area contributed by atoms with Crippen molar-refractivity contribution in [1.82, 2.24) is 4.90 Å². The van der Waals surface area contributed by atoms with E-state index in [1.807, 2.05) is 4.90 Å². The number of nitrogens with two attached hydrogens (primary N) is 1. The van der Waals surface area contributed by atoms with Gasteiger partial charge in [-0.25, -0.2) is 0 Å². The van der Waals surface area contributed by atoms with Crippen molar-refractivity contribution < 1.29 is 14.3 Å². The molecule has 0 spiro atoms. The summed E-state index contributed by atoms with van der Waals surface area (Å²) >= 11 is 0. The van der Waals surface area contributed by atoms with Gasteiger partial charge in [0.25, 0.3) is 5.91 Å². The molecule has 21 heavy (non-hydrogen) atoms. The first kappa shape index (κ1) is 15.6. The van der Waals surface area contributed by atoms with Gasteiger partial charge in [0.1, 0.15) is 11.5 Å². The second-order valence-corrected chi connectivity index (χ2v) is 5.29. The van der Waals surface area contributed by atoms with Crippen molar-refractivity contribution in [3.8, 4) is 11.5 Å². The number of carbonyl (C=O) groups excluding carboxylic acids is 1. The summed E-state index contributed by atoms with van der Waals surface area (Å²) in [5.74, 6) is 1.24. The number of nitrogens with zero attached hydrogens (tertiary/aromatic N) is 1. The highest BCUT2D eigenvalue weighted by atomic mass is 16.5. The first-order valence-corrected chi connectivity index (χ1v) is 7.44. The Balaban J connectivity index is 2.25. The van der Waals surface area contributed by atoms with Crippen LogP contribution in [0.5, 0.6) is 11.5 Å². The first-order chi connectivity index (χ1) is 10.2. The number of hydrogen-bond donors (Lipinski definition) is 1. The van der Waals surface area contributed by atoms with Crippen LogP contribution in [-0.2, 0) is 0 Å². The molecule has 1 aromatic carbocycles. The molecule has 2 N–H and O–H groups in total. The van der Waals surface area contributed by atoms with Gasteiger partial charge in [0, 0.05) is 12.6 Å². The monoisotopic (exact) mass is 292 g/mol. The van der Waals surface area contributed by atoms with Gasteiger partial charge in [-0.3, -0.25) is 4.79 Å². The molecule has 0 aliphatic heterocycles. The molecule has 1 aliphatic carbocycles. The van der Waals surface area contributed by atoms with E-state index in [1.54, 1.807) is 32.4 Å². The summed E-state index contributed by atoms with van der Waals surface area (Å²) < 4.78 is 10.5. The molecule has 5 nitrogen and oxygen atoms in total. The summed E-state index contributed by atoms with van der Waals surface area (Å²) in [4.78, 5) is 14.8. The van der Waals surface area contributed by atoms with Gasteiger partial charge in [0.05, 0.1) is 19.8 Å². The van der Waals surface area contributed by atoms with Crippen LogP contribution in [0.15, 0.2) is 18.2 Å². The molecule has 0 saturated heterocycles. The van der Waals surface area contributed by atoms with Crippen LogP contribution in [0.3, 0.4) is 0 Å². The van der Waals surface area contributed by atoms with E-state index in [2.05, 4.69) is 0 Å². The van der Waals surface area contributed by atoms with E-state index in [9.17, 15) is 4.79 Å². The maximum Gasteiger partial charge on any atom is 0.258 e. The highest BCUT2D eigenvalue weighted by molar-refractivity contribution is 5.97. The zero-order valence-electron chi connectivity index (χ0n) is 12.8. The number of ether oxygens (including phenoxy) is 2. The number of benzene rings is 1. The molecule has 0 radical (unpaired) electrons. The molecule has 5 heteroatoms. The lowest BCUT2D eigenvalue weighted by atomic mass is 9.90. The van der Waals surface area contributed by atoms with Crippen LogP contribution in [0.4, 0.5) is 0 Å². The molecular weight excluding hydrogens is 268 g/mol. The van der Waals surface area contributed by atoms with Crippen LogP contribution >= 0.6 is 0 Å². The SMILES string of the molecule is COc1ccc(OC)c(C(=O)N(CCCN)C2CCC2)c1. The van der Waals surface area contributed by atoms with Gasteiger partial charge in [-0.15, -0.1) is 0 Å². The summed E-state index contributed by atoms with van der Waals surface area (Å²) in [6.07, 6.45) is 4.14. The van der Waals surface area contributed by atoms with E-state index in [4.69, 9.17) is 15.2 Å². The fraction of sp³-hybridized carbons (Fsp3) is 0.562. The summed E-state index contributed by atoms with van der Waals surface area (Å²) in [5, 5.41) is 0. The molecule has 1 fully saturated rings. The zero-order valence-corrected chi connectivity index (χ0v) is 12.8. The molecule has 0 bridgehead atoms. The standard InChI is InChI=1S/C16H24N2O3/c1-20-13-7-8-15(21-2)14(11-13)16(19)18(10-4-9-17)12-5-3-6-12/h7-8,11-12H,3-6,9-10,17H2,1-2H3. The Morgan fingerprint density at radius 2 is 2.10 bits per heavy atom. The molecule has 2 rings (SSSR count). The predicted molar refractivity (Wildman–Crippen MR) is 81.9 cm³/mol. The maximum absolute atomic E-state index is 12.9. The third-order valence-corrected chi connectivity index (χ3v) is 4.02. The number of hydrogen-bond acceptors (Lipinski definition) is 4. The minimum atomic E-state index is 0.00361. The van der Waals surface area contributed by atoms with Crippen molar-refractivity contribution in [2.24, 2.45) is 5.73 Å². The topological polar surface area (TPSA) is 64.8 Å². The third-order valence-electron chi connectivity index (χ3n) is 4.02. The molecule has 0 aromatic heterocycles. The average molecular weight is 292 g/mol. The van der Waals surface area contributed by atoms with Crippen molar-refractivity contribution in [1.29, 1.82) is 0 Å². The van der Waals surface area contributed by atoms with Crippen molar-refractivity contribution in [3.63, 3.8) is 0 Å². The molecule has 1 aliphatic rings. The Labute approximate surface area is 126 Å². The number of amides is 1. The van der Waals surface area contributed by atoms with E-state index in [-0.39, 0.29) is 5.91 Å². The van der Waals surface area contributed by atoms with Crippen molar-refractivity contribution in [2.75, 3.05) is 27.3 Å². The predicted octanol–water partition coefficient (Wildman–Crippen LogP) is 2.05. The van der Waals surface area contributed by atoms with E-state index in [1.165, 1.54) is 6.42 Å². The maximum atomic E-state index is 12.9. The van der Waals surface area contributed by atoms with Crippen LogP contribution in [0.2, 0.25) is 0 Å². The van der Waals surface area contributed by atoms with Gasteiger partial charge < -0.3 is 20.1 Å². The molecule has 0 unspecified atom stereocenters. The van der Waals surface area contributed by atoms with Crippen LogP contribution in [0.25, 0.3) is 0 Å². The summed E-state index contributed by atoms with van der Waals surface area (Å²) in [7, 11) is 3.17. The lowest BCUT2D eigenvalue weighted by molar-refractivity contribution is 0.0575. The lowest BCUT2D eigenvalue weighted by Crippen LogP contribution is -2.45. The highest BCUT2D eigenvalue weighted by Crippen LogP contribution is 2.30. The second kappa shape index (κ2) is 7.31. The first-order valence-electron chi connectivity index (χ1n) is 7.44. The van der Waals surface area contributed by atoms with Crippen LogP contribution < -0.4 is 15.2 Å². The molecule has 0 heterocycles. The van der Waals surface area contributed by atoms with E-state index < -0.39 is 0 Å². The van der Waals surface area contributed by atoms with Crippen LogP contribution in [0, 0.1) is 0 Å². The zero-order chi connectivity index (χ0) is 15.2. The Morgan fingerprint density at radius 1 is 1.33 bits per heavy atom. The van der Waals surface area contributed by atoms with Gasteiger partial charge in [0.2, 0.25) is 0 Å². The van der Waals surface area contributed by atoms with Crippen molar-refractivity contribution in [3.05, 3.63) is 23.8 Å². The number of rotatable bonds is 7. The quantitative estimate of drug-likeness (QED) is 0.835. The second-order valence-electron chi connectivity index (χ2n) is 5.29. The van der Waals surface area contributed by atoms with E-state index in [0.717, 1.165) is 19.3 Å². The fourth-order valence-corrected chi connectivity index (χ4v) is 2.55.